The number of nitrogens with two attached hydrogens (primary N) is 1. The second-order valence-electron chi connectivity index (χ2n) is 5.76. The number of fused-ring (bicyclic) bond motifs is 1. The normalized spacial score (nSPS) is 14.5. The molecule has 0 atom stereocenters. The number of primary sulfonamides is 1. The Bertz CT molecular complexity index is 904. The van der Waals surface area contributed by atoms with Gasteiger partial charge in [-0.1, -0.05) is 6.07 Å². The molecule has 0 spiro atoms. The van der Waals surface area contributed by atoms with E-state index in [1.165, 1.54) is 12.1 Å². The number of carbonyl (C=O) groups is 1. The van der Waals surface area contributed by atoms with Crippen molar-refractivity contribution in [1.82, 2.24) is 14.7 Å². The summed E-state index contributed by atoms with van der Waals surface area (Å²) in [6.45, 7) is 2.93. The van der Waals surface area contributed by atoms with Gasteiger partial charge in [-0.2, -0.15) is 5.10 Å². The van der Waals surface area contributed by atoms with E-state index in [4.69, 9.17) is 10.2 Å². The lowest BCUT2D eigenvalue weighted by molar-refractivity contribution is 0.0705. The van der Waals surface area contributed by atoms with Gasteiger partial charge in [-0.05, 0) is 30.7 Å². The molecule has 0 radical (unpaired) electrons. The third-order valence-electron chi connectivity index (χ3n) is 4.07. The largest absolute Gasteiger partial charge is 0.390 e. The van der Waals surface area contributed by atoms with Crippen LogP contribution in [0.15, 0.2) is 29.2 Å². The monoisotopic (exact) mass is 350 g/mol. The van der Waals surface area contributed by atoms with Crippen LogP contribution in [0.4, 0.5) is 0 Å². The van der Waals surface area contributed by atoms with Crippen LogP contribution >= 0.6 is 0 Å². The molecule has 24 heavy (non-hydrogen) atoms. The number of carbonyl (C=O) groups excluding carboxylic acids is 1. The molecule has 1 aliphatic heterocycles. The first-order chi connectivity index (χ1) is 11.3. The van der Waals surface area contributed by atoms with Gasteiger partial charge in [0.25, 0.3) is 5.91 Å². The van der Waals surface area contributed by atoms with Crippen molar-refractivity contribution in [3.63, 3.8) is 0 Å². The summed E-state index contributed by atoms with van der Waals surface area (Å²) in [5.41, 5.74) is 2.39. The van der Waals surface area contributed by atoms with Crippen LogP contribution in [0.2, 0.25) is 0 Å². The highest BCUT2D eigenvalue weighted by Gasteiger charge is 2.25. The van der Waals surface area contributed by atoms with Gasteiger partial charge in [0.1, 0.15) is 0 Å². The lowest BCUT2D eigenvalue weighted by Gasteiger charge is -2.28. The van der Waals surface area contributed by atoms with Crippen molar-refractivity contribution in [2.24, 2.45) is 5.14 Å². The minimum absolute atomic E-state index is 0.0823. The van der Waals surface area contributed by atoms with Gasteiger partial charge in [-0.25, -0.2) is 13.6 Å². The van der Waals surface area contributed by atoms with Gasteiger partial charge < -0.3 is 10.0 Å². The van der Waals surface area contributed by atoms with Crippen LogP contribution in [0.3, 0.4) is 0 Å². The summed E-state index contributed by atoms with van der Waals surface area (Å²) >= 11 is 0. The van der Waals surface area contributed by atoms with Crippen molar-refractivity contribution in [3.8, 4) is 0 Å². The van der Waals surface area contributed by atoms with Crippen molar-refractivity contribution in [2.75, 3.05) is 6.54 Å². The van der Waals surface area contributed by atoms with Gasteiger partial charge in [0.2, 0.25) is 10.0 Å². The van der Waals surface area contributed by atoms with E-state index in [2.05, 4.69) is 5.10 Å². The smallest absolute Gasteiger partial charge is 0.254 e. The first kappa shape index (κ1) is 16.6. The molecule has 1 aromatic heterocycles. The Balaban J connectivity index is 1.90. The molecule has 3 rings (SSSR count). The Labute approximate surface area is 139 Å². The molecule has 128 valence electrons. The number of hydrogen-bond donors (Lipinski definition) is 2. The molecule has 0 fully saturated rings. The zero-order chi connectivity index (χ0) is 17.5. The van der Waals surface area contributed by atoms with E-state index in [1.807, 2.05) is 0 Å². The number of aliphatic hydroxyl groups excluding tert-OH is 1. The van der Waals surface area contributed by atoms with E-state index in [1.54, 1.807) is 28.6 Å². The zero-order valence-electron chi connectivity index (χ0n) is 13.1. The minimum atomic E-state index is -3.87. The summed E-state index contributed by atoms with van der Waals surface area (Å²) in [5.74, 6) is -0.254. The van der Waals surface area contributed by atoms with E-state index in [9.17, 15) is 13.2 Å². The summed E-state index contributed by atoms with van der Waals surface area (Å²) in [6.07, 6.45) is 0. The third kappa shape index (κ3) is 3.05. The van der Waals surface area contributed by atoms with Crippen LogP contribution in [-0.4, -0.2) is 40.7 Å². The molecular formula is C15H18N4O4S. The fraction of sp³-hybridized carbons (Fsp3) is 0.333. The predicted molar refractivity (Wildman–Crippen MR) is 85.4 cm³/mol. The highest BCUT2D eigenvalue weighted by molar-refractivity contribution is 7.89. The molecule has 9 heteroatoms. The number of hydrogen-bond acceptors (Lipinski definition) is 5. The zero-order valence-corrected chi connectivity index (χ0v) is 14.0. The van der Waals surface area contributed by atoms with Crippen molar-refractivity contribution >= 4 is 15.9 Å². The number of rotatable bonds is 3. The predicted octanol–water partition coefficient (Wildman–Crippen LogP) is -0.0128. The van der Waals surface area contributed by atoms with Crippen LogP contribution < -0.4 is 5.14 Å². The molecule has 0 saturated heterocycles. The van der Waals surface area contributed by atoms with Gasteiger partial charge in [0.05, 0.1) is 36.0 Å². The number of sulfonamides is 1. The molecule has 1 amide bonds. The second kappa shape index (κ2) is 6.00. The number of nitrogens with zero attached hydrogens (tertiary/aromatic N) is 3. The Morgan fingerprint density at radius 3 is 2.75 bits per heavy atom. The fourth-order valence-electron chi connectivity index (χ4n) is 2.76. The average molecular weight is 350 g/mol. The van der Waals surface area contributed by atoms with Crippen LogP contribution in [0.5, 0.6) is 0 Å². The molecule has 1 aromatic carbocycles. The topological polar surface area (TPSA) is 119 Å². The molecule has 0 bridgehead atoms. The average Bonchev–Trinajstić information content (AvgIpc) is 2.95. The number of benzene rings is 1. The van der Waals surface area contributed by atoms with Gasteiger partial charge >= 0.3 is 0 Å². The summed E-state index contributed by atoms with van der Waals surface area (Å²) in [6, 6.07) is 6.04. The van der Waals surface area contributed by atoms with Gasteiger partial charge in [-0.15, -0.1) is 0 Å². The number of aromatic nitrogens is 2. The first-order valence-electron chi connectivity index (χ1n) is 7.39. The van der Waals surface area contributed by atoms with Crippen LogP contribution in [0.25, 0.3) is 0 Å². The summed E-state index contributed by atoms with van der Waals surface area (Å²) in [5, 5.41) is 18.5. The maximum Gasteiger partial charge on any atom is 0.254 e. The molecule has 2 heterocycles. The Morgan fingerprint density at radius 1 is 1.33 bits per heavy atom. The minimum Gasteiger partial charge on any atom is -0.390 e. The number of aryl methyl sites for hydroxylation is 1. The van der Waals surface area contributed by atoms with E-state index < -0.39 is 10.0 Å². The van der Waals surface area contributed by atoms with Crippen LogP contribution in [0, 0.1) is 6.92 Å². The summed E-state index contributed by atoms with van der Waals surface area (Å²) in [7, 11) is -3.87. The van der Waals surface area contributed by atoms with E-state index in [0.29, 0.717) is 36.5 Å². The van der Waals surface area contributed by atoms with Gasteiger partial charge in [0, 0.05) is 12.1 Å². The molecular weight excluding hydrogens is 332 g/mol. The van der Waals surface area contributed by atoms with Gasteiger partial charge in [-0.3, -0.25) is 9.48 Å². The van der Waals surface area contributed by atoms with Crippen LogP contribution in [0.1, 0.15) is 27.3 Å². The second-order valence-corrected chi connectivity index (χ2v) is 7.32. The Kier molecular flexibility index (Phi) is 4.16. The summed E-state index contributed by atoms with van der Waals surface area (Å²) < 4.78 is 24.8. The van der Waals surface area contributed by atoms with Crippen molar-refractivity contribution in [1.29, 1.82) is 0 Å². The molecule has 1 aliphatic rings. The summed E-state index contributed by atoms with van der Waals surface area (Å²) in [4.78, 5) is 14.3. The SMILES string of the molecule is Cc1ccc(S(N)(=O)=O)cc1C(=O)N1CCn2nc(CO)cc2C1. The Morgan fingerprint density at radius 2 is 2.08 bits per heavy atom. The van der Waals surface area contributed by atoms with E-state index in [0.717, 1.165) is 5.69 Å². The lowest BCUT2D eigenvalue weighted by atomic mass is 10.1. The quantitative estimate of drug-likeness (QED) is 0.807. The molecule has 0 saturated carbocycles. The van der Waals surface area contributed by atoms with Gasteiger partial charge in [0.15, 0.2) is 0 Å². The van der Waals surface area contributed by atoms with Crippen molar-refractivity contribution < 1.29 is 18.3 Å². The maximum absolute atomic E-state index is 12.8. The molecule has 0 aliphatic carbocycles. The molecule has 3 N–H and O–H groups in total. The Hall–Kier alpha value is -2.23. The van der Waals surface area contributed by atoms with E-state index >= 15 is 0 Å². The highest BCUT2D eigenvalue weighted by Crippen LogP contribution is 2.20. The van der Waals surface area contributed by atoms with Crippen molar-refractivity contribution in [2.45, 2.75) is 31.5 Å². The standard InChI is InChI=1S/C15H18N4O4S/c1-10-2-3-13(24(16,22)23)7-14(10)15(21)18-4-5-19-12(8-18)6-11(9-20)17-19/h2-3,6-7,20H,4-5,8-9H2,1H3,(H2,16,22,23). The first-order valence-corrected chi connectivity index (χ1v) is 8.93. The maximum atomic E-state index is 12.8. The molecule has 0 unspecified atom stereocenters. The third-order valence-corrected chi connectivity index (χ3v) is 4.98. The molecule has 2 aromatic rings. The molecule has 8 nitrogen and oxygen atoms in total. The fourth-order valence-corrected chi connectivity index (χ4v) is 3.30. The lowest BCUT2D eigenvalue weighted by Crippen LogP contribution is -2.38. The van der Waals surface area contributed by atoms with E-state index in [-0.39, 0.29) is 17.4 Å². The van der Waals surface area contributed by atoms with Crippen LogP contribution in [-0.2, 0) is 29.7 Å². The highest BCUT2D eigenvalue weighted by atomic mass is 32.2. The van der Waals surface area contributed by atoms with Crippen molar-refractivity contribution in [3.05, 3.63) is 46.8 Å². The number of aliphatic hydroxyl groups is 1. The number of amides is 1.